The molecule has 1 aliphatic rings. The molecule has 18 heavy (non-hydrogen) atoms. The Bertz CT molecular complexity index is 491. The summed E-state index contributed by atoms with van der Waals surface area (Å²) in [7, 11) is 0. The monoisotopic (exact) mass is 251 g/mol. The number of fused-ring (bicyclic) bond motifs is 1. The summed E-state index contributed by atoms with van der Waals surface area (Å²) in [4.78, 5) is 13.7. The number of ether oxygens (including phenoxy) is 1. The van der Waals surface area contributed by atoms with E-state index in [9.17, 15) is 9.18 Å². The Balaban J connectivity index is 2.29. The van der Waals surface area contributed by atoms with E-state index in [0.717, 1.165) is 16.8 Å². The molecule has 4 heteroatoms. The van der Waals surface area contributed by atoms with Crippen LogP contribution in [0.4, 0.5) is 14.9 Å². The summed E-state index contributed by atoms with van der Waals surface area (Å²) in [5, 5.41) is 0. The number of hydrogen-bond acceptors (Lipinski definition) is 2. The van der Waals surface area contributed by atoms with E-state index in [-0.39, 0.29) is 11.9 Å². The van der Waals surface area contributed by atoms with Gasteiger partial charge in [0.05, 0.1) is 5.69 Å². The summed E-state index contributed by atoms with van der Waals surface area (Å²) >= 11 is 0. The van der Waals surface area contributed by atoms with Crippen LogP contribution in [0.3, 0.4) is 0 Å². The van der Waals surface area contributed by atoms with Gasteiger partial charge in [0.25, 0.3) is 0 Å². The van der Waals surface area contributed by atoms with Crippen LogP contribution in [0.5, 0.6) is 0 Å². The first-order valence-corrected chi connectivity index (χ1v) is 6.07. The molecule has 0 bridgehead atoms. The van der Waals surface area contributed by atoms with Crippen LogP contribution in [0, 0.1) is 12.7 Å². The minimum atomic E-state index is -0.520. The normalized spacial score (nSPS) is 14.6. The second-order valence-electron chi connectivity index (χ2n) is 5.61. The number of carbonyl (C=O) groups is 1. The number of rotatable bonds is 0. The Hall–Kier alpha value is -1.58. The fourth-order valence-electron chi connectivity index (χ4n) is 2.23. The first-order chi connectivity index (χ1) is 8.28. The van der Waals surface area contributed by atoms with Gasteiger partial charge in [0, 0.05) is 6.54 Å². The zero-order chi connectivity index (χ0) is 13.5. The fraction of sp³-hybridized carbons (Fsp3) is 0.500. The number of halogens is 1. The predicted octanol–water partition coefficient (Wildman–Crippen LogP) is 3.43. The van der Waals surface area contributed by atoms with Crippen LogP contribution in [0.1, 0.15) is 31.9 Å². The van der Waals surface area contributed by atoms with Gasteiger partial charge in [0.2, 0.25) is 0 Å². The molecule has 0 unspecified atom stereocenters. The minimum absolute atomic E-state index is 0.253. The summed E-state index contributed by atoms with van der Waals surface area (Å²) in [6.07, 6.45) is 0.309. The lowest BCUT2D eigenvalue weighted by Gasteiger charge is -2.25. The fourth-order valence-corrected chi connectivity index (χ4v) is 2.23. The predicted molar refractivity (Wildman–Crippen MR) is 68.4 cm³/mol. The van der Waals surface area contributed by atoms with Crippen LogP contribution in [-0.4, -0.2) is 18.2 Å². The Labute approximate surface area is 107 Å². The second-order valence-corrected chi connectivity index (χ2v) is 5.61. The molecular weight excluding hydrogens is 233 g/mol. The molecule has 2 rings (SSSR count). The summed E-state index contributed by atoms with van der Waals surface area (Å²) in [6.45, 7) is 7.86. The van der Waals surface area contributed by atoms with Crippen molar-refractivity contribution >= 4 is 11.8 Å². The van der Waals surface area contributed by atoms with E-state index in [1.54, 1.807) is 4.90 Å². The molecule has 1 aromatic carbocycles. The largest absolute Gasteiger partial charge is 0.443 e. The lowest BCUT2D eigenvalue weighted by atomic mass is 10.1. The minimum Gasteiger partial charge on any atom is -0.443 e. The van der Waals surface area contributed by atoms with Gasteiger partial charge in [-0.2, -0.15) is 0 Å². The van der Waals surface area contributed by atoms with Crippen molar-refractivity contribution in [3.8, 4) is 0 Å². The highest BCUT2D eigenvalue weighted by atomic mass is 19.1. The number of nitrogens with zero attached hydrogens (tertiary/aromatic N) is 1. The van der Waals surface area contributed by atoms with Crippen molar-refractivity contribution in [1.82, 2.24) is 0 Å². The molecule has 3 nitrogen and oxygen atoms in total. The molecular formula is C14H18FNO2. The van der Waals surface area contributed by atoms with Gasteiger partial charge in [-0.3, -0.25) is 4.90 Å². The summed E-state index contributed by atoms with van der Waals surface area (Å²) in [5.74, 6) is -0.253. The lowest BCUT2D eigenvalue weighted by molar-refractivity contribution is 0.0583. The number of anilines is 1. The molecule has 1 heterocycles. The van der Waals surface area contributed by atoms with Gasteiger partial charge < -0.3 is 4.74 Å². The number of benzene rings is 1. The van der Waals surface area contributed by atoms with Gasteiger partial charge in [-0.25, -0.2) is 9.18 Å². The van der Waals surface area contributed by atoms with E-state index in [4.69, 9.17) is 4.74 Å². The quantitative estimate of drug-likeness (QED) is 0.707. The first kappa shape index (κ1) is 12.9. The number of hydrogen-bond donors (Lipinski definition) is 0. The highest BCUT2D eigenvalue weighted by molar-refractivity contribution is 5.91. The van der Waals surface area contributed by atoms with Crippen LogP contribution < -0.4 is 4.90 Å². The molecule has 1 amide bonds. The molecule has 1 aliphatic heterocycles. The van der Waals surface area contributed by atoms with Gasteiger partial charge in [0.15, 0.2) is 0 Å². The van der Waals surface area contributed by atoms with E-state index in [2.05, 4.69) is 0 Å². The molecule has 0 saturated carbocycles. The average molecular weight is 251 g/mol. The molecule has 0 aliphatic carbocycles. The van der Waals surface area contributed by atoms with Gasteiger partial charge in [0.1, 0.15) is 11.4 Å². The lowest BCUT2D eigenvalue weighted by Crippen LogP contribution is -2.36. The van der Waals surface area contributed by atoms with Crippen molar-refractivity contribution in [3.05, 3.63) is 29.1 Å². The Morgan fingerprint density at radius 3 is 2.67 bits per heavy atom. The maximum Gasteiger partial charge on any atom is 0.414 e. The second kappa shape index (κ2) is 4.26. The molecule has 1 aromatic rings. The number of amides is 1. The Morgan fingerprint density at radius 2 is 2.06 bits per heavy atom. The van der Waals surface area contributed by atoms with Crippen molar-refractivity contribution in [2.75, 3.05) is 11.4 Å². The topological polar surface area (TPSA) is 29.5 Å². The van der Waals surface area contributed by atoms with Crippen molar-refractivity contribution in [2.24, 2.45) is 0 Å². The maximum atomic E-state index is 13.3. The Kier molecular flexibility index (Phi) is 3.05. The van der Waals surface area contributed by atoms with Crippen molar-refractivity contribution < 1.29 is 13.9 Å². The highest BCUT2D eigenvalue weighted by Crippen LogP contribution is 2.33. The first-order valence-electron chi connectivity index (χ1n) is 6.07. The summed E-state index contributed by atoms with van der Waals surface area (Å²) < 4.78 is 18.6. The smallest absolute Gasteiger partial charge is 0.414 e. The zero-order valence-electron chi connectivity index (χ0n) is 11.2. The molecule has 98 valence electrons. The van der Waals surface area contributed by atoms with E-state index in [1.807, 2.05) is 27.7 Å². The molecule has 0 fully saturated rings. The highest BCUT2D eigenvalue weighted by Gasteiger charge is 2.30. The third-order valence-corrected chi connectivity index (χ3v) is 2.83. The van der Waals surface area contributed by atoms with E-state index >= 15 is 0 Å². The molecule has 0 aromatic heterocycles. The number of carbonyl (C=O) groups excluding carboxylic acids is 1. The third-order valence-electron chi connectivity index (χ3n) is 2.83. The summed E-state index contributed by atoms with van der Waals surface area (Å²) in [6, 6.07) is 2.94. The molecule has 0 atom stereocenters. The van der Waals surface area contributed by atoms with Gasteiger partial charge >= 0.3 is 6.09 Å². The number of aryl methyl sites for hydroxylation is 1. The van der Waals surface area contributed by atoms with Crippen molar-refractivity contribution in [2.45, 2.75) is 39.7 Å². The van der Waals surface area contributed by atoms with Crippen LogP contribution >= 0.6 is 0 Å². The van der Waals surface area contributed by atoms with E-state index in [1.165, 1.54) is 12.1 Å². The van der Waals surface area contributed by atoms with Crippen molar-refractivity contribution in [1.29, 1.82) is 0 Å². The third kappa shape index (κ3) is 2.47. The standard InChI is InChI=1S/C14H18FNO2/c1-9-7-11(15)8-10-5-6-16(12(9)10)13(17)18-14(2,3)4/h7-8H,5-6H2,1-4H3. The van der Waals surface area contributed by atoms with Gasteiger partial charge in [-0.15, -0.1) is 0 Å². The van der Waals surface area contributed by atoms with Crippen LogP contribution in [0.2, 0.25) is 0 Å². The average Bonchev–Trinajstić information content (AvgIpc) is 2.58. The van der Waals surface area contributed by atoms with Gasteiger partial charge in [-0.1, -0.05) is 0 Å². The molecule has 0 spiro atoms. The SMILES string of the molecule is Cc1cc(F)cc2c1N(C(=O)OC(C)(C)C)CC2. The Morgan fingerprint density at radius 1 is 1.39 bits per heavy atom. The van der Waals surface area contributed by atoms with E-state index in [0.29, 0.717) is 13.0 Å². The molecule has 0 saturated heterocycles. The summed E-state index contributed by atoms with van der Waals surface area (Å²) in [5.41, 5.74) is 1.92. The zero-order valence-corrected chi connectivity index (χ0v) is 11.2. The molecule has 0 radical (unpaired) electrons. The van der Waals surface area contributed by atoms with Crippen LogP contribution in [-0.2, 0) is 11.2 Å². The van der Waals surface area contributed by atoms with Crippen LogP contribution in [0.25, 0.3) is 0 Å². The molecule has 0 N–H and O–H groups in total. The maximum absolute atomic E-state index is 13.3. The van der Waals surface area contributed by atoms with Gasteiger partial charge in [-0.05, 0) is 57.4 Å². The van der Waals surface area contributed by atoms with E-state index < -0.39 is 5.60 Å². The van der Waals surface area contributed by atoms with Crippen molar-refractivity contribution in [3.63, 3.8) is 0 Å². The van der Waals surface area contributed by atoms with Crippen LogP contribution in [0.15, 0.2) is 12.1 Å².